The zero-order chi connectivity index (χ0) is 19.6. The molecule has 8 heteroatoms. The lowest BCUT2D eigenvalue weighted by Crippen LogP contribution is -2.49. The van der Waals surface area contributed by atoms with Gasteiger partial charge < -0.3 is 9.80 Å². The van der Waals surface area contributed by atoms with Gasteiger partial charge in [-0.3, -0.25) is 4.79 Å². The third kappa shape index (κ3) is 4.01. The first-order chi connectivity index (χ1) is 12.8. The van der Waals surface area contributed by atoms with E-state index in [4.69, 9.17) is 0 Å². The molecule has 0 spiro atoms. The smallest absolute Gasteiger partial charge is 0.329 e. The normalized spacial score (nSPS) is 18.7. The molecule has 27 heavy (non-hydrogen) atoms. The van der Waals surface area contributed by atoms with Crippen LogP contribution >= 0.6 is 0 Å². The summed E-state index contributed by atoms with van der Waals surface area (Å²) in [4.78, 5) is 16.4. The number of amides is 1. The highest BCUT2D eigenvalue weighted by molar-refractivity contribution is 7.91. The summed E-state index contributed by atoms with van der Waals surface area (Å²) in [6.07, 6.45) is 0. The number of benzene rings is 2. The minimum absolute atomic E-state index is 0.137. The molecule has 0 unspecified atom stereocenters. The van der Waals surface area contributed by atoms with Crippen LogP contribution in [0.3, 0.4) is 0 Å². The Hall–Kier alpha value is -2.32. The molecule has 1 fully saturated rings. The van der Waals surface area contributed by atoms with E-state index in [1.54, 1.807) is 4.90 Å². The van der Waals surface area contributed by atoms with Crippen molar-refractivity contribution in [2.24, 2.45) is 0 Å². The fourth-order valence-electron chi connectivity index (χ4n) is 3.18. The fraction of sp³-hybridized carbons (Fsp3) is 0.316. The molecule has 1 atom stereocenters. The van der Waals surface area contributed by atoms with Gasteiger partial charge in [-0.15, -0.1) is 0 Å². The number of likely N-dealkylation sites (N-methyl/N-ethyl adjacent to an activating group) is 1. The summed E-state index contributed by atoms with van der Waals surface area (Å²) in [7, 11) is -2.68. The van der Waals surface area contributed by atoms with Crippen LogP contribution in [-0.4, -0.2) is 56.6 Å². The van der Waals surface area contributed by atoms with Crippen molar-refractivity contribution in [3.05, 3.63) is 65.7 Å². The van der Waals surface area contributed by atoms with E-state index in [2.05, 4.69) is 4.90 Å². The second-order valence-electron chi connectivity index (χ2n) is 6.52. The van der Waals surface area contributed by atoms with Gasteiger partial charge in [-0.25, -0.2) is 8.42 Å². The van der Waals surface area contributed by atoms with Crippen molar-refractivity contribution in [2.45, 2.75) is 16.7 Å². The molecule has 1 aliphatic rings. The summed E-state index contributed by atoms with van der Waals surface area (Å²) in [6.45, 7) is 1.91. The summed E-state index contributed by atoms with van der Waals surface area (Å²) in [5.74, 6) is -3.74. The van der Waals surface area contributed by atoms with Crippen LogP contribution in [0.4, 0.5) is 8.78 Å². The number of piperazine rings is 1. The Bertz CT molecular complexity index is 902. The minimum atomic E-state index is -4.67. The van der Waals surface area contributed by atoms with Gasteiger partial charge >= 0.3 is 5.76 Å². The monoisotopic (exact) mass is 394 g/mol. The standard InChI is InChI=1S/C19H20F2N2O3S/c1-22-11-12-23(17(13-22)14-5-3-2-4-6-14)18(24)15-7-9-16(10-8-15)27(25,26)19(20)21/h2-10,17,19H,11-13H2,1H3/t17-/m1/s1. The van der Waals surface area contributed by atoms with Crippen LogP contribution in [0.15, 0.2) is 59.5 Å². The number of alkyl halides is 2. The topological polar surface area (TPSA) is 57.7 Å². The predicted octanol–water partition coefficient (Wildman–Crippen LogP) is 2.81. The van der Waals surface area contributed by atoms with E-state index in [9.17, 15) is 22.0 Å². The van der Waals surface area contributed by atoms with Crippen molar-refractivity contribution in [1.82, 2.24) is 9.80 Å². The van der Waals surface area contributed by atoms with Gasteiger partial charge in [0.15, 0.2) is 0 Å². The summed E-state index contributed by atoms with van der Waals surface area (Å²) in [5, 5.41) is 0. The molecular formula is C19H20F2N2O3S. The average molecular weight is 394 g/mol. The van der Waals surface area contributed by atoms with Crippen LogP contribution in [0, 0.1) is 0 Å². The minimum Gasteiger partial charge on any atom is -0.329 e. The Kier molecular flexibility index (Phi) is 5.57. The lowest BCUT2D eigenvalue weighted by atomic mass is 10.0. The van der Waals surface area contributed by atoms with Crippen LogP contribution in [0.25, 0.3) is 0 Å². The zero-order valence-corrected chi connectivity index (χ0v) is 15.6. The van der Waals surface area contributed by atoms with Crippen LogP contribution in [0.2, 0.25) is 0 Å². The van der Waals surface area contributed by atoms with Gasteiger partial charge in [0, 0.05) is 25.2 Å². The molecule has 1 saturated heterocycles. The van der Waals surface area contributed by atoms with Crippen LogP contribution in [0.5, 0.6) is 0 Å². The van der Waals surface area contributed by atoms with Gasteiger partial charge in [-0.1, -0.05) is 30.3 Å². The third-order valence-corrected chi connectivity index (χ3v) is 6.09. The summed E-state index contributed by atoms with van der Waals surface area (Å²) in [6, 6.07) is 14.2. The SMILES string of the molecule is CN1CCN(C(=O)c2ccc(S(=O)(=O)C(F)F)cc2)[C@@H](c2ccccc2)C1. The van der Waals surface area contributed by atoms with Crippen LogP contribution in [-0.2, 0) is 9.84 Å². The second-order valence-corrected chi connectivity index (χ2v) is 8.44. The van der Waals surface area contributed by atoms with Crippen molar-refractivity contribution < 1.29 is 22.0 Å². The molecule has 3 rings (SSSR count). The van der Waals surface area contributed by atoms with Crippen molar-refractivity contribution in [3.63, 3.8) is 0 Å². The Morgan fingerprint density at radius 3 is 2.26 bits per heavy atom. The largest absolute Gasteiger partial charge is 0.341 e. The number of sulfone groups is 1. The molecule has 144 valence electrons. The molecule has 0 bridgehead atoms. The lowest BCUT2D eigenvalue weighted by molar-refractivity contribution is 0.0498. The van der Waals surface area contributed by atoms with E-state index in [-0.39, 0.29) is 17.5 Å². The van der Waals surface area contributed by atoms with Crippen molar-refractivity contribution in [1.29, 1.82) is 0 Å². The highest BCUT2D eigenvalue weighted by atomic mass is 32.2. The molecule has 1 amide bonds. The maximum absolute atomic E-state index is 13.0. The maximum Gasteiger partial charge on any atom is 0.341 e. The first-order valence-electron chi connectivity index (χ1n) is 8.47. The molecule has 0 N–H and O–H groups in total. The Morgan fingerprint density at radius 1 is 1.04 bits per heavy atom. The van der Waals surface area contributed by atoms with E-state index < -0.39 is 20.5 Å². The second kappa shape index (κ2) is 7.74. The number of hydrogen-bond donors (Lipinski definition) is 0. The van der Waals surface area contributed by atoms with E-state index in [0.29, 0.717) is 19.6 Å². The average Bonchev–Trinajstić information content (AvgIpc) is 2.68. The Labute approximate surface area is 157 Å². The lowest BCUT2D eigenvalue weighted by Gasteiger charge is -2.40. The number of carbonyl (C=O) groups excluding carboxylic acids is 1. The predicted molar refractivity (Wildman–Crippen MR) is 97.3 cm³/mol. The van der Waals surface area contributed by atoms with E-state index in [1.165, 1.54) is 12.1 Å². The number of halogens is 2. The quantitative estimate of drug-likeness (QED) is 0.800. The molecule has 0 radical (unpaired) electrons. The zero-order valence-electron chi connectivity index (χ0n) is 14.8. The molecule has 1 aliphatic heterocycles. The highest BCUT2D eigenvalue weighted by Gasteiger charge is 2.31. The molecule has 0 aromatic heterocycles. The number of hydrogen-bond acceptors (Lipinski definition) is 4. The Balaban J connectivity index is 1.87. The van der Waals surface area contributed by atoms with E-state index in [1.807, 2.05) is 37.4 Å². The van der Waals surface area contributed by atoms with E-state index >= 15 is 0 Å². The van der Waals surface area contributed by atoms with Gasteiger partial charge in [-0.05, 0) is 36.9 Å². The first-order valence-corrected chi connectivity index (χ1v) is 10.0. The maximum atomic E-state index is 13.0. The van der Waals surface area contributed by atoms with Gasteiger partial charge in [0.25, 0.3) is 5.91 Å². The number of nitrogens with zero attached hydrogens (tertiary/aromatic N) is 2. The van der Waals surface area contributed by atoms with Gasteiger partial charge in [0.05, 0.1) is 10.9 Å². The summed E-state index contributed by atoms with van der Waals surface area (Å²) >= 11 is 0. The molecule has 0 saturated carbocycles. The van der Waals surface area contributed by atoms with Gasteiger partial charge in [-0.2, -0.15) is 8.78 Å². The fourth-order valence-corrected chi connectivity index (χ4v) is 3.90. The Morgan fingerprint density at radius 2 is 1.67 bits per heavy atom. The van der Waals surface area contributed by atoms with Crippen LogP contribution < -0.4 is 0 Å². The van der Waals surface area contributed by atoms with E-state index in [0.717, 1.165) is 17.7 Å². The third-order valence-electron chi connectivity index (χ3n) is 4.69. The summed E-state index contributed by atoms with van der Waals surface area (Å²) < 4.78 is 48.4. The molecular weight excluding hydrogens is 374 g/mol. The molecule has 2 aromatic carbocycles. The van der Waals surface area contributed by atoms with Gasteiger partial charge in [0.2, 0.25) is 9.84 Å². The van der Waals surface area contributed by atoms with Crippen molar-refractivity contribution in [3.8, 4) is 0 Å². The van der Waals surface area contributed by atoms with Crippen molar-refractivity contribution in [2.75, 3.05) is 26.7 Å². The summed E-state index contributed by atoms with van der Waals surface area (Å²) in [5.41, 5.74) is 1.28. The number of carbonyl (C=O) groups is 1. The number of rotatable bonds is 4. The van der Waals surface area contributed by atoms with Crippen LogP contribution in [0.1, 0.15) is 22.0 Å². The van der Waals surface area contributed by atoms with Crippen molar-refractivity contribution >= 4 is 15.7 Å². The molecule has 0 aliphatic carbocycles. The van der Waals surface area contributed by atoms with Gasteiger partial charge in [0.1, 0.15) is 0 Å². The first kappa shape index (κ1) is 19.4. The molecule has 1 heterocycles. The highest BCUT2D eigenvalue weighted by Crippen LogP contribution is 2.27. The molecule has 2 aromatic rings. The molecule has 5 nitrogen and oxygen atoms in total.